The summed E-state index contributed by atoms with van der Waals surface area (Å²) in [6.45, 7) is 2.16. The van der Waals surface area contributed by atoms with Crippen LogP contribution in [0.2, 0.25) is 0 Å². The molecule has 3 nitrogen and oxygen atoms in total. The first-order chi connectivity index (χ1) is 10.1. The highest BCUT2D eigenvalue weighted by Gasteiger charge is 2.12. The molecule has 21 heavy (non-hydrogen) atoms. The fraction of sp³-hybridized carbons (Fsp3) is 0.235. The van der Waals surface area contributed by atoms with Gasteiger partial charge in [0.2, 0.25) is 5.91 Å². The lowest BCUT2D eigenvalue weighted by Gasteiger charge is -2.14. The van der Waals surface area contributed by atoms with Gasteiger partial charge in [0.05, 0.1) is 12.5 Å². The number of carbonyl (C=O) groups excluding carboxylic acids is 1. The van der Waals surface area contributed by atoms with Crippen molar-refractivity contribution in [2.45, 2.75) is 19.4 Å². The molecule has 0 saturated heterocycles. The van der Waals surface area contributed by atoms with E-state index < -0.39 is 6.10 Å². The lowest BCUT2D eigenvalue weighted by atomic mass is 10.0. The summed E-state index contributed by atoms with van der Waals surface area (Å²) >= 11 is 3.42. The fourth-order valence-corrected chi connectivity index (χ4v) is 2.58. The van der Waals surface area contributed by atoms with Crippen molar-refractivity contribution >= 4 is 21.8 Å². The van der Waals surface area contributed by atoms with E-state index in [0.29, 0.717) is 6.42 Å². The highest BCUT2D eigenvalue weighted by Crippen LogP contribution is 2.17. The Bertz CT molecular complexity index is 628. The Hall–Kier alpha value is -1.65. The van der Waals surface area contributed by atoms with Gasteiger partial charge in [-0.1, -0.05) is 58.4 Å². The molecule has 0 aromatic heterocycles. The van der Waals surface area contributed by atoms with Gasteiger partial charge in [-0.3, -0.25) is 4.79 Å². The predicted octanol–water partition coefficient (Wildman–Crippen LogP) is 3.15. The van der Waals surface area contributed by atoms with Crippen LogP contribution in [-0.4, -0.2) is 17.6 Å². The summed E-state index contributed by atoms with van der Waals surface area (Å²) in [5.74, 6) is -0.102. The van der Waals surface area contributed by atoms with E-state index in [4.69, 9.17) is 0 Å². The topological polar surface area (TPSA) is 49.3 Å². The minimum atomic E-state index is -0.686. The van der Waals surface area contributed by atoms with Crippen molar-refractivity contribution in [3.8, 4) is 0 Å². The van der Waals surface area contributed by atoms with Crippen LogP contribution in [0.5, 0.6) is 0 Å². The SMILES string of the molecule is Cc1ccccc1C(O)CNC(=O)Cc1ccccc1Br. The third kappa shape index (κ3) is 4.41. The number of rotatable bonds is 5. The van der Waals surface area contributed by atoms with E-state index in [1.807, 2.05) is 55.5 Å². The van der Waals surface area contributed by atoms with E-state index in [1.54, 1.807) is 0 Å². The first-order valence-corrected chi connectivity index (χ1v) is 7.61. The molecule has 0 heterocycles. The second kappa shape index (κ2) is 7.38. The highest BCUT2D eigenvalue weighted by atomic mass is 79.9. The second-order valence-electron chi connectivity index (χ2n) is 4.94. The Morgan fingerprint density at radius 2 is 1.86 bits per heavy atom. The Labute approximate surface area is 133 Å². The molecular formula is C17H18BrNO2. The maximum Gasteiger partial charge on any atom is 0.224 e. The molecule has 1 unspecified atom stereocenters. The molecule has 0 spiro atoms. The number of hydrogen-bond acceptors (Lipinski definition) is 2. The molecule has 0 aliphatic heterocycles. The molecule has 0 bridgehead atoms. The van der Waals surface area contributed by atoms with Crippen molar-refractivity contribution in [1.82, 2.24) is 5.32 Å². The van der Waals surface area contributed by atoms with Crippen molar-refractivity contribution in [2.24, 2.45) is 0 Å². The zero-order valence-corrected chi connectivity index (χ0v) is 13.4. The quantitative estimate of drug-likeness (QED) is 0.872. The van der Waals surface area contributed by atoms with Crippen molar-refractivity contribution in [3.05, 3.63) is 69.7 Å². The van der Waals surface area contributed by atoms with Crippen LogP contribution in [0.25, 0.3) is 0 Å². The summed E-state index contributed by atoms with van der Waals surface area (Å²) in [5.41, 5.74) is 2.80. The summed E-state index contributed by atoms with van der Waals surface area (Å²) in [6, 6.07) is 15.3. The lowest BCUT2D eigenvalue weighted by molar-refractivity contribution is -0.120. The van der Waals surface area contributed by atoms with Gasteiger partial charge in [0, 0.05) is 11.0 Å². The number of halogens is 1. The molecule has 2 aromatic rings. The van der Waals surface area contributed by atoms with Crippen LogP contribution >= 0.6 is 15.9 Å². The van der Waals surface area contributed by atoms with E-state index in [-0.39, 0.29) is 12.5 Å². The second-order valence-corrected chi connectivity index (χ2v) is 5.80. The normalized spacial score (nSPS) is 12.0. The molecule has 2 rings (SSSR count). The molecule has 0 fully saturated rings. The van der Waals surface area contributed by atoms with Crippen molar-refractivity contribution in [3.63, 3.8) is 0 Å². The number of hydrogen-bond donors (Lipinski definition) is 2. The molecule has 0 aliphatic carbocycles. The van der Waals surface area contributed by atoms with Crippen LogP contribution in [0, 0.1) is 6.92 Å². The van der Waals surface area contributed by atoms with Crippen LogP contribution in [0.1, 0.15) is 22.8 Å². The summed E-state index contributed by atoms with van der Waals surface area (Å²) < 4.78 is 0.916. The first kappa shape index (κ1) is 15.7. The van der Waals surface area contributed by atoms with Gasteiger partial charge in [-0.2, -0.15) is 0 Å². The number of aliphatic hydroxyl groups is 1. The van der Waals surface area contributed by atoms with Gasteiger partial charge in [0.25, 0.3) is 0 Å². The maximum absolute atomic E-state index is 11.9. The molecule has 4 heteroatoms. The number of carbonyl (C=O) groups is 1. The molecule has 2 aromatic carbocycles. The van der Waals surface area contributed by atoms with Crippen LogP contribution < -0.4 is 5.32 Å². The van der Waals surface area contributed by atoms with E-state index >= 15 is 0 Å². The predicted molar refractivity (Wildman–Crippen MR) is 87.0 cm³/mol. The molecule has 0 saturated carbocycles. The third-order valence-electron chi connectivity index (χ3n) is 3.35. The van der Waals surface area contributed by atoms with Gasteiger partial charge >= 0.3 is 0 Å². The molecule has 2 N–H and O–H groups in total. The molecule has 1 amide bonds. The first-order valence-electron chi connectivity index (χ1n) is 6.81. The van der Waals surface area contributed by atoms with Gasteiger partial charge in [-0.15, -0.1) is 0 Å². The molecule has 0 aliphatic rings. The standard InChI is InChI=1S/C17H18BrNO2/c1-12-6-2-4-8-14(12)16(20)11-19-17(21)10-13-7-3-5-9-15(13)18/h2-9,16,20H,10-11H2,1H3,(H,19,21). The average molecular weight is 348 g/mol. The number of nitrogens with one attached hydrogen (secondary N) is 1. The van der Waals surface area contributed by atoms with E-state index in [9.17, 15) is 9.90 Å². The maximum atomic E-state index is 11.9. The smallest absolute Gasteiger partial charge is 0.224 e. The zero-order valence-electron chi connectivity index (χ0n) is 11.8. The summed E-state index contributed by atoms with van der Waals surface area (Å²) in [6.07, 6.45) is -0.392. The van der Waals surface area contributed by atoms with E-state index in [2.05, 4.69) is 21.2 Å². The zero-order chi connectivity index (χ0) is 15.2. The van der Waals surface area contributed by atoms with Gasteiger partial charge in [-0.05, 0) is 29.7 Å². The lowest BCUT2D eigenvalue weighted by Crippen LogP contribution is -2.30. The van der Waals surface area contributed by atoms with Gasteiger partial charge in [0.1, 0.15) is 0 Å². The number of aryl methyl sites for hydroxylation is 1. The van der Waals surface area contributed by atoms with Crippen LogP contribution in [0.3, 0.4) is 0 Å². The summed E-state index contributed by atoms with van der Waals surface area (Å²) in [5, 5.41) is 12.9. The van der Waals surface area contributed by atoms with Crippen molar-refractivity contribution < 1.29 is 9.90 Å². The largest absolute Gasteiger partial charge is 0.387 e. The van der Waals surface area contributed by atoms with Gasteiger partial charge in [-0.25, -0.2) is 0 Å². The van der Waals surface area contributed by atoms with Crippen molar-refractivity contribution in [2.75, 3.05) is 6.54 Å². The van der Waals surface area contributed by atoms with Gasteiger partial charge < -0.3 is 10.4 Å². The monoisotopic (exact) mass is 347 g/mol. The van der Waals surface area contributed by atoms with Gasteiger partial charge in [0.15, 0.2) is 0 Å². The fourth-order valence-electron chi connectivity index (χ4n) is 2.16. The number of amides is 1. The Kier molecular flexibility index (Phi) is 5.53. The Balaban J connectivity index is 1.90. The molecule has 1 atom stereocenters. The molecular weight excluding hydrogens is 330 g/mol. The molecule has 110 valence electrons. The minimum Gasteiger partial charge on any atom is -0.387 e. The Morgan fingerprint density at radius 1 is 1.19 bits per heavy atom. The van der Waals surface area contributed by atoms with Crippen LogP contribution in [0.4, 0.5) is 0 Å². The van der Waals surface area contributed by atoms with Crippen LogP contribution in [0.15, 0.2) is 53.0 Å². The van der Waals surface area contributed by atoms with E-state index in [1.165, 1.54) is 0 Å². The highest BCUT2D eigenvalue weighted by molar-refractivity contribution is 9.10. The minimum absolute atomic E-state index is 0.102. The average Bonchev–Trinajstić information content (AvgIpc) is 2.48. The third-order valence-corrected chi connectivity index (χ3v) is 4.12. The van der Waals surface area contributed by atoms with E-state index in [0.717, 1.165) is 21.2 Å². The summed E-state index contributed by atoms with van der Waals surface area (Å²) in [7, 11) is 0. The van der Waals surface area contributed by atoms with Crippen molar-refractivity contribution in [1.29, 1.82) is 0 Å². The van der Waals surface area contributed by atoms with Crippen LogP contribution in [-0.2, 0) is 11.2 Å². The molecule has 0 radical (unpaired) electrons. The number of aliphatic hydroxyl groups excluding tert-OH is 1. The Morgan fingerprint density at radius 3 is 2.57 bits per heavy atom. The summed E-state index contributed by atoms with van der Waals surface area (Å²) in [4.78, 5) is 11.9. The number of benzene rings is 2.